The van der Waals surface area contributed by atoms with Crippen LogP contribution < -0.4 is 10.6 Å². The zero-order valence-corrected chi connectivity index (χ0v) is 11.7. The van der Waals surface area contributed by atoms with E-state index in [0.29, 0.717) is 18.4 Å². The Kier molecular flexibility index (Phi) is 4.86. The third-order valence-electron chi connectivity index (χ3n) is 3.74. The van der Waals surface area contributed by atoms with Crippen LogP contribution in [0.2, 0.25) is 0 Å². The number of hydrogen-bond donors (Lipinski definition) is 2. The van der Waals surface area contributed by atoms with Gasteiger partial charge in [0, 0.05) is 25.7 Å². The van der Waals surface area contributed by atoms with Gasteiger partial charge < -0.3 is 20.6 Å². The second-order valence-corrected chi connectivity index (χ2v) is 5.05. The lowest BCUT2D eigenvalue weighted by Gasteiger charge is -2.37. The minimum atomic E-state index is -0.558. The summed E-state index contributed by atoms with van der Waals surface area (Å²) < 4.78 is 0. The van der Waals surface area contributed by atoms with Crippen LogP contribution in [0.15, 0.2) is 12.4 Å². The first-order chi connectivity index (χ1) is 9.61. The van der Waals surface area contributed by atoms with Crippen molar-refractivity contribution in [2.75, 3.05) is 38.2 Å². The third-order valence-corrected chi connectivity index (χ3v) is 3.74. The Balaban J connectivity index is 1.97. The third kappa shape index (κ3) is 3.43. The van der Waals surface area contributed by atoms with Crippen molar-refractivity contribution in [3.8, 4) is 0 Å². The molecule has 0 radical (unpaired) electrons. The maximum atomic E-state index is 11.1. The zero-order valence-electron chi connectivity index (χ0n) is 11.7. The number of carbonyl (C=O) groups is 1. The summed E-state index contributed by atoms with van der Waals surface area (Å²) in [5.41, 5.74) is 5.41. The van der Waals surface area contributed by atoms with E-state index in [1.807, 2.05) is 7.05 Å². The molecule has 1 amide bonds. The van der Waals surface area contributed by atoms with Crippen LogP contribution in [0.25, 0.3) is 0 Å². The highest BCUT2D eigenvalue weighted by molar-refractivity contribution is 5.90. The van der Waals surface area contributed by atoms with Gasteiger partial charge in [-0.25, -0.2) is 4.98 Å². The average Bonchev–Trinajstić information content (AvgIpc) is 2.48. The van der Waals surface area contributed by atoms with E-state index in [2.05, 4.69) is 19.8 Å². The number of amides is 1. The number of carbonyl (C=O) groups excluding carboxylic acids is 1. The van der Waals surface area contributed by atoms with E-state index >= 15 is 0 Å². The SMILES string of the molecule is CN(CCO)C1CCN(c2cncc(C(N)=O)n2)CC1. The van der Waals surface area contributed by atoms with Crippen LogP contribution in [-0.4, -0.2) is 65.2 Å². The summed E-state index contributed by atoms with van der Waals surface area (Å²) in [4.78, 5) is 23.7. The van der Waals surface area contributed by atoms with Crippen molar-refractivity contribution >= 4 is 11.7 Å². The molecule has 0 unspecified atom stereocenters. The summed E-state index contributed by atoms with van der Waals surface area (Å²) in [6.07, 6.45) is 5.04. The predicted octanol–water partition coefficient (Wildman–Crippen LogP) is -0.532. The van der Waals surface area contributed by atoms with E-state index in [9.17, 15) is 4.79 Å². The molecule has 1 aliphatic heterocycles. The highest BCUT2D eigenvalue weighted by atomic mass is 16.3. The van der Waals surface area contributed by atoms with Gasteiger partial charge in [0.05, 0.1) is 19.0 Å². The number of primary amides is 1. The summed E-state index contributed by atoms with van der Waals surface area (Å²) in [6, 6.07) is 0.477. The quantitative estimate of drug-likeness (QED) is 0.752. The first-order valence-corrected chi connectivity index (χ1v) is 6.79. The largest absolute Gasteiger partial charge is 0.395 e. The van der Waals surface area contributed by atoms with Crippen molar-refractivity contribution in [3.05, 3.63) is 18.1 Å². The van der Waals surface area contributed by atoms with Gasteiger partial charge in [-0.1, -0.05) is 0 Å². The van der Waals surface area contributed by atoms with Gasteiger partial charge in [-0.15, -0.1) is 0 Å². The van der Waals surface area contributed by atoms with Crippen LogP contribution >= 0.6 is 0 Å². The van der Waals surface area contributed by atoms with Crippen LogP contribution in [0.3, 0.4) is 0 Å². The number of piperidine rings is 1. The number of nitrogens with zero attached hydrogens (tertiary/aromatic N) is 4. The standard InChI is InChI=1S/C13H21N5O2/c1-17(6-7-19)10-2-4-18(5-3-10)12-9-15-8-11(16-12)13(14)20/h8-10,19H,2-7H2,1H3,(H2,14,20). The van der Waals surface area contributed by atoms with E-state index < -0.39 is 5.91 Å². The topological polar surface area (TPSA) is 95.6 Å². The maximum absolute atomic E-state index is 11.1. The monoisotopic (exact) mass is 279 g/mol. The van der Waals surface area contributed by atoms with E-state index in [1.165, 1.54) is 6.20 Å². The molecule has 0 bridgehead atoms. The number of nitrogens with two attached hydrogens (primary N) is 1. The average molecular weight is 279 g/mol. The second kappa shape index (κ2) is 6.62. The van der Waals surface area contributed by atoms with Gasteiger partial charge in [-0.2, -0.15) is 0 Å². The van der Waals surface area contributed by atoms with Crippen molar-refractivity contribution in [2.24, 2.45) is 5.73 Å². The van der Waals surface area contributed by atoms with Crippen molar-refractivity contribution in [3.63, 3.8) is 0 Å². The van der Waals surface area contributed by atoms with Gasteiger partial charge in [0.2, 0.25) is 0 Å². The molecule has 0 saturated carbocycles. The Morgan fingerprint density at radius 1 is 1.50 bits per heavy atom. The van der Waals surface area contributed by atoms with Crippen LogP contribution in [-0.2, 0) is 0 Å². The summed E-state index contributed by atoms with van der Waals surface area (Å²) in [5.74, 6) is 0.140. The molecule has 1 aromatic heterocycles. The highest BCUT2D eigenvalue weighted by Gasteiger charge is 2.23. The molecule has 1 saturated heterocycles. The molecular weight excluding hydrogens is 258 g/mol. The van der Waals surface area contributed by atoms with Crippen LogP contribution in [0.5, 0.6) is 0 Å². The maximum Gasteiger partial charge on any atom is 0.268 e. The number of aromatic nitrogens is 2. The lowest BCUT2D eigenvalue weighted by molar-refractivity contribution is 0.0995. The van der Waals surface area contributed by atoms with E-state index in [1.54, 1.807) is 6.20 Å². The van der Waals surface area contributed by atoms with E-state index in [0.717, 1.165) is 25.9 Å². The van der Waals surface area contributed by atoms with Crippen molar-refractivity contribution in [1.29, 1.82) is 0 Å². The number of aliphatic hydroxyl groups excluding tert-OH is 1. The fraction of sp³-hybridized carbons (Fsp3) is 0.615. The lowest BCUT2D eigenvalue weighted by Crippen LogP contribution is -2.44. The van der Waals surface area contributed by atoms with Gasteiger partial charge in [-0.3, -0.25) is 9.78 Å². The molecule has 2 heterocycles. The second-order valence-electron chi connectivity index (χ2n) is 5.05. The molecule has 7 nitrogen and oxygen atoms in total. The van der Waals surface area contributed by atoms with Gasteiger partial charge in [0.1, 0.15) is 11.5 Å². The minimum absolute atomic E-state index is 0.183. The Morgan fingerprint density at radius 3 is 2.80 bits per heavy atom. The smallest absolute Gasteiger partial charge is 0.268 e. The molecule has 2 rings (SSSR count). The normalized spacial score (nSPS) is 16.6. The number of likely N-dealkylation sites (N-methyl/N-ethyl adjacent to an activating group) is 1. The van der Waals surface area contributed by atoms with Crippen molar-refractivity contribution in [2.45, 2.75) is 18.9 Å². The summed E-state index contributed by atoms with van der Waals surface area (Å²) in [7, 11) is 2.03. The van der Waals surface area contributed by atoms with E-state index in [4.69, 9.17) is 10.8 Å². The Hall–Kier alpha value is -1.73. The molecule has 0 spiro atoms. The lowest BCUT2D eigenvalue weighted by atomic mass is 10.0. The van der Waals surface area contributed by atoms with Crippen LogP contribution in [0, 0.1) is 0 Å². The number of anilines is 1. The zero-order chi connectivity index (χ0) is 14.5. The van der Waals surface area contributed by atoms with Crippen LogP contribution in [0.4, 0.5) is 5.82 Å². The van der Waals surface area contributed by atoms with Gasteiger partial charge in [-0.05, 0) is 19.9 Å². The molecule has 0 aliphatic carbocycles. The summed E-state index contributed by atoms with van der Waals surface area (Å²) in [5, 5.41) is 8.97. The molecule has 0 atom stereocenters. The van der Waals surface area contributed by atoms with Crippen molar-refractivity contribution < 1.29 is 9.90 Å². The summed E-state index contributed by atoms with van der Waals surface area (Å²) in [6.45, 7) is 2.60. The Labute approximate surface area is 118 Å². The fourth-order valence-electron chi connectivity index (χ4n) is 2.50. The molecule has 1 aromatic rings. The first-order valence-electron chi connectivity index (χ1n) is 6.79. The Bertz CT molecular complexity index is 460. The van der Waals surface area contributed by atoms with Gasteiger partial charge in [0.15, 0.2) is 0 Å². The van der Waals surface area contributed by atoms with Crippen molar-refractivity contribution in [1.82, 2.24) is 14.9 Å². The summed E-state index contributed by atoms with van der Waals surface area (Å²) >= 11 is 0. The molecular formula is C13H21N5O2. The molecule has 7 heteroatoms. The number of aliphatic hydroxyl groups is 1. The van der Waals surface area contributed by atoms with Gasteiger partial charge in [0.25, 0.3) is 5.91 Å². The fourth-order valence-corrected chi connectivity index (χ4v) is 2.50. The molecule has 0 aromatic carbocycles. The minimum Gasteiger partial charge on any atom is -0.395 e. The highest BCUT2D eigenvalue weighted by Crippen LogP contribution is 2.19. The molecule has 110 valence electrons. The molecule has 3 N–H and O–H groups in total. The van der Waals surface area contributed by atoms with E-state index in [-0.39, 0.29) is 12.3 Å². The van der Waals surface area contributed by atoms with Gasteiger partial charge >= 0.3 is 0 Å². The van der Waals surface area contributed by atoms with Crippen LogP contribution in [0.1, 0.15) is 23.3 Å². The predicted molar refractivity (Wildman–Crippen MR) is 75.5 cm³/mol. The number of rotatable bonds is 5. The molecule has 20 heavy (non-hydrogen) atoms. The number of hydrogen-bond acceptors (Lipinski definition) is 6. The first kappa shape index (κ1) is 14.7. The Morgan fingerprint density at radius 2 is 2.20 bits per heavy atom. The molecule has 1 fully saturated rings. The molecule has 1 aliphatic rings.